The molecule has 2 amide bonds. The second-order valence-electron chi connectivity index (χ2n) is 8.10. The smallest absolute Gasteiger partial charge is 0.242 e. The number of nitrogens with zero attached hydrogens (tertiary/aromatic N) is 3. The third-order valence-electron chi connectivity index (χ3n) is 6.29. The fraction of sp³-hybridized carbons (Fsp3) is 0.261. The van der Waals surface area contributed by atoms with Gasteiger partial charge >= 0.3 is 0 Å². The number of fused-ring (bicyclic) bond motifs is 4. The monoisotopic (exact) mass is 386 g/mol. The summed E-state index contributed by atoms with van der Waals surface area (Å²) >= 11 is 0. The molecule has 2 aromatic carbocycles. The minimum absolute atomic E-state index is 0.0816. The lowest BCUT2D eigenvalue weighted by Crippen LogP contribution is -2.45. The number of benzene rings is 2. The maximum absolute atomic E-state index is 13.5. The fourth-order valence-corrected chi connectivity index (χ4v) is 4.57. The van der Waals surface area contributed by atoms with Crippen LogP contribution in [0.25, 0.3) is 5.69 Å². The van der Waals surface area contributed by atoms with Crippen LogP contribution in [-0.2, 0) is 15.0 Å². The predicted molar refractivity (Wildman–Crippen MR) is 112 cm³/mol. The van der Waals surface area contributed by atoms with E-state index in [-0.39, 0.29) is 18.2 Å². The van der Waals surface area contributed by atoms with Gasteiger partial charge in [-0.2, -0.15) is 5.10 Å². The number of aryl methyl sites for hydroxylation is 3. The van der Waals surface area contributed by atoms with E-state index in [1.54, 1.807) is 22.8 Å². The fourth-order valence-electron chi connectivity index (χ4n) is 4.57. The lowest BCUT2D eigenvalue weighted by Gasteiger charge is -2.32. The molecule has 6 heteroatoms. The molecule has 3 heterocycles. The van der Waals surface area contributed by atoms with Crippen LogP contribution in [-0.4, -0.2) is 28.6 Å². The quantitative estimate of drug-likeness (QED) is 0.697. The molecule has 6 nitrogen and oxygen atoms in total. The van der Waals surface area contributed by atoms with Crippen LogP contribution in [0.5, 0.6) is 0 Å². The van der Waals surface area contributed by atoms with Crippen molar-refractivity contribution < 1.29 is 9.59 Å². The van der Waals surface area contributed by atoms with Crippen molar-refractivity contribution in [1.29, 1.82) is 0 Å². The molecule has 0 bridgehead atoms. The Hall–Kier alpha value is -3.41. The zero-order valence-electron chi connectivity index (χ0n) is 16.9. The van der Waals surface area contributed by atoms with Gasteiger partial charge < -0.3 is 10.2 Å². The topological polar surface area (TPSA) is 67.2 Å². The Morgan fingerprint density at radius 2 is 1.79 bits per heavy atom. The normalized spacial score (nSPS) is 20.1. The standard InChI is InChI=1S/C23H22N4O2/c1-13-5-8-19-17(9-13)23(22(29)26(19)4)11-20(28)25-21-18(23)12-24-27(21)16-7-6-14(2)15(3)10-16/h5-10,12H,11H2,1-4H3,(H,25,28)/t23-/m1/s1. The molecule has 1 spiro atoms. The number of likely N-dealkylation sites (N-methyl/N-ethyl adjacent to an activating group) is 1. The van der Waals surface area contributed by atoms with Gasteiger partial charge in [-0.1, -0.05) is 23.8 Å². The molecule has 1 N–H and O–H groups in total. The van der Waals surface area contributed by atoms with Crippen molar-refractivity contribution in [2.45, 2.75) is 32.6 Å². The Morgan fingerprint density at radius 1 is 1.00 bits per heavy atom. The van der Waals surface area contributed by atoms with E-state index in [1.807, 2.05) is 50.2 Å². The van der Waals surface area contributed by atoms with Gasteiger partial charge in [-0.05, 0) is 55.7 Å². The van der Waals surface area contributed by atoms with Crippen LogP contribution in [0.1, 0.15) is 34.2 Å². The average molecular weight is 386 g/mol. The van der Waals surface area contributed by atoms with E-state index < -0.39 is 5.41 Å². The number of hydrogen-bond acceptors (Lipinski definition) is 3. The Labute approximate surface area is 169 Å². The number of carbonyl (C=O) groups is 2. The molecule has 0 aliphatic carbocycles. The Bertz CT molecular complexity index is 1210. The van der Waals surface area contributed by atoms with Crippen molar-refractivity contribution in [2.75, 3.05) is 17.3 Å². The number of hydrogen-bond donors (Lipinski definition) is 1. The molecule has 3 aromatic rings. The SMILES string of the molecule is Cc1ccc2c(c1)[C@@]1(CC(=O)Nc3c1cnn3-c1ccc(C)c(C)c1)C(=O)N2C. The summed E-state index contributed by atoms with van der Waals surface area (Å²) in [5, 5.41) is 7.54. The van der Waals surface area contributed by atoms with E-state index in [2.05, 4.69) is 17.3 Å². The highest BCUT2D eigenvalue weighted by Gasteiger charge is 2.56. The number of nitrogens with one attached hydrogen (secondary N) is 1. The highest BCUT2D eigenvalue weighted by molar-refractivity contribution is 6.15. The van der Waals surface area contributed by atoms with E-state index in [0.29, 0.717) is 5.82 Å². The number of anilines is 2. The number of amides is 2. The van der Waals surface area contributed by atoms with Crippen LogP contribution in [0.15, 0.2) is 42.6 Å². The highest BCUT2D eigenvalue weighted by Crippen LogP contribution is 2.52. The lowest BCUT2D eigenvalue weighted by molar-refractivity contribution is -0.126. The van der Waals surface area contributed by atoms with Gasteiger partial charge in [0.15, 0.2) is 0 Å². The molecule has 2 aliphatic rings. The first kappa shape index (κ1) is 17.7. The lowest BCUT2D eigenvalue weighted by atomic mass is 9.71. The van der Waals surface area contributed by atoms with Gasteiger partial charge in [0, 0.05) is 24.7 Å². The first-order valence-electron chi connectivity index (χ1n) is 9.68. The molecule has 1 atom stereocenters. The van der Waals surface area contributed by atoms with Gasteiger partial charge in [0.1, 0.15) is 11.2 Å². The molecule has 146 valence electrons. The van der Waals surface area contributed by atoms with Gasteiger partial charge in [0.2, 0.25) is 11.8 Å². The van der Waals surface area contributed by atoms with Crippen LogP contribution in [0.3, 0.4) is 0 Å². The zero-order chi connectivity index (χ0) is 20.5. The summed E-state index contributed by atoms with van der Waals surface area (Å²) in [5.74, 6) is 0.300. The van der Waals surface area contributed by atoms with E-state index >= 15 is 0 Å². The molecule has 5 rings (SSSR count). The largest absolute Gasteiger partial charge is 0.314 e. The first-order chi connectivity index (χ1) is 13.8. The van der Waals surface area contributed by atoms with Crippen molar-refractivity contribution >= 4 is 23.3 Å². The van der Waals surface area contributed by atoms with Crippen molar-refractivity contribution in [2.24, 2.45) is 0 Å². The van der Waals surface area contributed by atoms with Gasteiger partial charge in [0.05, 0.1) is 11.9 Å². The molecule has 0 saturated heterocycles. The third kappa shape index (κ3) is 2.26. The molecule has 0 saturated carbocycles. The number of carbonyl (C=O) groups excluding carboxylic acids is 2. The number of aromatic nitrogens is 2. The summed E-state index contributed by atoms with van der Waals surface area (Å²) in [6.45, 7) is 6.10. The summed E-state index contributed by atoms with van der Waals surface area (Å²) in [7, 11) is 1.77. The van der Waals surface area contributed by atoms with E-state index in [0.717, 1.165) is 33.6 Å². The van der Waals surface area contributed by atoms with E-state index in [1.165, 1.54) is 5.56 Å². The summed E-state index contributed by atoms with van der Waals surface area (Å²) in [4.78, 5) is 28.0. The maximum atomic E-state index is 13.5. The summed E-state index contributed by atoms with van der Waals surface area (Å²) in [5.41, 5.74) is 5.67. The third-order valence-corrected chi connectivity index (χ3v) is 6.29. The molecule has 2 aliphatic heterocycles. The number of rotatable bonds is 1. The van der Waals surface area contributed by atoms with Crippen molar-refractivity contribution in [3.8, 4) is 5.69 Å². The van der Waals surface area contributed by atoms with Crippen LogP contribution in [0, 0.1) is 20.8 Å². The minimum Gasteiger partial charge on any atom is -0.314 e. The van der Waals surface area contributed by atoms with Crippen molar-refractivity contribution in [3.63, 3.8) is 0 Å². The van der Waals surface area contributed by atoms with Crippen molar-refractivity contribution in [1.82, 2.24) is 9.78 Å². The average Bonchev–Trinajstić information content (AvgIpc) is 3.19. The highest BCUT2D eigenvalue weighted by atomic mass is 16.2. The molecule has 1 aromatic heterocycles. The van der Waals surface area contributed by atoms with Crippen LogP contribution >= 0.6 is 0 Å². The summed E-state index contributed by atoms with van der Waals surface area (Å²) < 4.78 is 1.72. The van der Waals surface area contributed by atoms with Gasteiger partial charge in [0.25, 0.3) is 0 Å². The Balaban J connectivity index is 1.77. The second kappa shape index (κ2) is 5.80. The molecule has 0 radical (unpaired) electrons. The van der Waals surface area contributed by atoms with Gasteiger partial charge in [-0.3, -0.25) is 9.59 Å². The zero-order valence-corrected chi connectivity index (χ0v) is 16.9. The first-order valence-corrected chi connectivity index (χ1v) is 9.68. The van der Waals surface area contributed by atoms with Gasteiger partial charge in [-0.25, -0.2) is 4.68 Å². The minimum atomic E-state index is -1.04. The van der Waals surface area contributed by atoms with E-state index in [4.69, 9.17) is 0 Å². The molecular weight excluding hydrogens is 364 g/mol. The van der Waals surface area contributed by atoms with E-state index in [9.17, 15) is 9.59 Å². The summed E-state index contributed by atoms with van der Waals surface area (Å²) in [6.07, 6.45) is 1.81. The van der Waals surface area contributed by atoms with Gasteiger partial charge in [-0.15, -0.1) is 0 Å². The van der Waals surface area contributed by atoms with Crippen LogP contribution in [0.2, 0.25) is 0 Å². The summed E-state index contributed by atoms with van der Waals surface area (Å²) in [6, 6.07) is 12.0. The Morgan fingerprint density at radius 3 is 2.55 bits per heavy atom. The Kier molecular flexibility index (Phi) is 3.53. The molecule has 0 fully saturated rings. The second-order valence-corrected chi connectivity index (χ2v) is 8.10. The van der Waals surface area contributed by atoms with Crippen LogP contribution < -0.4 is 10.2 Å². The molecular formula is C23H22N4O2. The predicted octanol–water partition coefficient (Wildman–Crippen LogP) is 3.40. The molecule has 0 unspecified atom stereocenters. The maximum Gasteiger partial charge on any atom is 0.242 e. The van der Waals surface area contributed by atoms with Crippen molar-refractivity contribution in [3.05, 3.63) is 70.4 Å². The van der Waals surface area contributed by atoms with Crippen LogP contribution in [0.4, 0.5) is 11.5 Å². The molecule has 29 heavy (non-hydrogen) atoms.